The molecule has 0 aromatic carbocycles. The molecule has 2 aliphatic rings. The van der Waals surface area contributed by atoms with E-state index in [1.807, 2.05) is 0 Å². The van der Waals surface area contributed by atoms with Crippen LogP contribution in [-0.4, -0.2) is 12.7 Å². The van der Waals surface area contributed by atoms with E-state index in [0.29, 0.717) is 6.10 Å². The normalized spacial score (nSPS) is 31.1. The van der Waals surface area contributed by atoms with Crippen LogP contribution >= 0.6 is 0 Å². The lowest BCUT2D eigenvalue weighted by Crippen LogP contribution is -2.28. The number of ether oxygens (including phenoxy) is 1. The summed E-state index contributed by atoms with van der Waals surface area (Å²) < 4.78 is 6.05. The Hall–Kier alpha value is -0.560. The van der Waals surface area contributed by atoms with E-state index in [2.05, 4.69) is 38.2 Å². The smallest absolute Gasteiger partial charge is 0.0654 e. The SMILES string of the molecule is CCC=CC=CCOC1CCC(C2CCC(CCCCC)CC2)CC1. The topological polar surface area (TPSA) is 9.23 Å². The Balaban J connectivity index is 1.56. The molecule has 0 spiro atoms. The van der Waals surface area contributed by atoms with Gasteiger partial charge in [0.05, 0.1) is 12.7 Å². The summed E-state index contributed by atoms with van der Waals surface area (Å²) >= 11 is 0. The molecule has 0 amide bonds. The molecule has 0 atom stereocenters. The van der Waals surface area contributed by atoms with Crippen molar-refractivity contribution in [2.75, 3.05) is 6.61 Å². The first-order valence-corrected chi connectivity index (χ1v) is 11.3. The van der Waals surface area contributed by atoms with Gasteiger partial charge in [0.2, 0.25) is 0 Å². The molecule has 0 saturated heterocycles. The minimum Gasteiger partial charge on any atom is -0.374 e. The minimum atomic E-state index is 0.515. The quantitative estimate of drug-likeness (QED) is 0.294. The van der Waals surface area contributed by atoms with Gasteiger partial charge in [-0.3, -0.25) is 0 Å². The van der Waals surface area contributed by atoms with Gasteiger partial charge in [0.1, 0.15) is 0 Å². The maximum absolute atomic E-state index is 6.05. The highest BCUT2D eigenvalue weighted by molar-refractivity contribution is 5.02. The lowest BCUT2D eigenvalue weighted by Gasteiger charge is -2.37. The zero-order valence-electron chi connectivity index (χ0n) is 16.9. The monoisotopic (exact) mass is 346 g/mol. The van der Waals surface area contributed by atoms with Gasteiger partial charge in [0.25, 0.3) is 0 Å². The van der Waals surface area contributed by atoms with Crippen molar-refractivity contribution in [1.29, 1.82) is 0 Å². The third-order valence-corrected chi connectivity index (χ3v) is 6.54. The van der Waals surface area contributed by atoms with Crippen molar-refractivity contribution in [3.8, 4) is 0 Å². The number of hydrogen-bond donors (Lipinski definition) is 0. The molecule has 2 saturated carbocycles. The van der Waals surface area contributed by atoms with Crippen LogP contribution in [0.2, 0.25) is 0 Å². The molecule has 25 heavy (non-hydrogen) atoms. The molecule has 2 fully saturated rings. The third-order valence-electron chi connectivity index (χ3n) is 6.54. The summed E-state index contributed by atoms with van der Waals surface area (Å²) in [5.41, 5.74) is 0. The lowest BCUT2D eigenvalue weighted by molar-refractivity contribution is 0.0210. The van der Waals surface area contributed by atoms with Crippen LogP contribution in [-0.2, 0) is 4.74 Å². The molecule has 0 heterocycles. The fraction of sp³-hybridized carbons (Fsp3) is 0.833. The van der Waals surface area contributed by atoms with Crippen LogP contribution < -0.4 is 0 Å². The Kier molecular flexibility index (Phi) is 10.6. The van der Waals surface area contributed by atoms with Gasteiger partial charge in [-0.15, -0.1) is 0 Å². The summed E-state index contributed by atoms with van der Waals surface area (Å²) in [5, 5.41) is 0. The number of hydrogen-bond acceptors (Lipinski definition) is 1. The Morgan fingerprint density at radius 1 is 0.760 bits per heavy atom. The van der Waals surface area contributed by atoms with E-state index >= 15 is 0 Å². The third kappa shape index (κ3) is 8.11. The van der Waals surface area contributed by atoms with Crippen molar-refractivity contribution in [1.82, 2.24) is 0 Å². The second kappa shape index (κ2) is 12.7. The average Bonchev–Trinajstić information content (AvgIpc) is 2.66. The van der Waals surface area contributed by atoms with Crippen molar-refractivity contribution in [3.05, 3.63) is 24.3 Å². The van der Waals surface area contributed by atoms with E-state index < -0.39 is 0 Å². The largest absolute Gasteiger partial charge is 0.374 e. The van der Waals surface area contributed by atoms with Gasteiger partial charge in [-0.2, -0.15) is 0 Å². The molecule has 0 aromatic rings. The van der Waals surface area contributed by atoms with Crippen molar-refractivity contribution in [3.63, 3.8) is 0 Å². The summed E-state index contributed by atoms with van der Waals surface area (Å²) in [6.45, 7) is 5.27. The Morgan fingerprint density at radius 3 is 2.04 bits per heavy atom. The van der Waals surface area contributed by atoms with E-state index in [0.717, 1.165) is 30.8 Å². The molecule has 0 N–H and O–H groups in total. The summed E-state index contributed by atoms with van der Waals surface area (Å²) in [5.74, 6) is 3.08. The molecular formula is C24H42O. The van der Waals surface area contributed by atoms with Crippen molar-refractivity contribution in [2.45, 2.75) is 103 Å². The fourth-order valence-corrected chi connectivity index (χ4v) is 4.90. The van der Waals surface area contributed by atoms with E-state index in [-0.39, 0.29) is 0 Å². The molecule has 1 heteroatoms. The van der Waals surface area contributed by atoms with Gasteiger partial charge < -0.3 is 4.74 Å². The second-order valence-electron chi connectivity index (χ2n) is 8.41. The summed E-state index contributed by atoms with van der Waals surface area (Å²) in [6.07, 6.45) is 27.4. The highest BCUT2D eigenvalue weighted by Gasteiger charge is 2.30. The summed E-state index contributed by atoms with van der Waals surface area (Å²) in [7, 11) is 0. The highest BCUT2D eigenvalue weighted by Crippen LogP contribution is 2.41. The second-order valence-corrected chi connectivity index (χ2v) is 8.41. The van der Waals surface area contributed by atoms with E-state index in [4.69, 9.17) is 4.74 Å². The molecule has 2 rings (SSSR count). The summed E-state index contributed by atoms with van der Waals surface area (Å²) in [4.78, 5) is 0. The highest BCUT2D eigenvalue weighted by atomic mass is 16.5. The predicted octanol–water partition coefficient (Wildman–Crippen LogP) is 7.47. The Labute approximate surface area is 157 Å². The number of rotatable bonds is 10. The van der Waals surface area contributed by atoms with Crippen LogP contribution in [0.4, 0.5) is 0 Å². The molecule has 0 aromatic heterocycles. The molecule has 0 bridgehead atoms. The average molecular weight is 347 g/mol. The Morgan fingerprint density at radius 2 is 1.40 bits per heavy atom. The first-order valence-electron chi connectivity index (χ1n) is 11.3. The van der Waals surface area contributed by atoms with Gasteiger partial charge in [-0.1, -0.05) is 76.7 Å². The fourth-order valence-electron chi connectivity index (χ4n) is 4.90. The van der Waals surface area contributed by atoms with E-state index in [1.165, 1.54) is 77.0 Å². The van der Waals surface area contributed by atoms with Gasteiger partial charge >= 0.3 is 0 Å². The molecule has 0 radical (unpaired) electrons. The van der Waals surface area contributed by atoms with Crippen LogP contribution in [0.15, 0.2) is 24.3 Å². The minimum absolute atomic E-state index is 0.515. The van der Waals surface area contributed by atoms with Crippen LogP contribution in [0.3, 0.4) is 0 Å². The van der Waals surface area contributed by atoms with Gasteiger partial charge in [0, 0.05) is 0 Å². The van der Waals surface area contributed by atoms with Crippen LogP contribution in [0.25, 0.3) is 0 Å². The van der Waals surface area contributed by atoms with Crippen molar-refractivity contribution < 1.29 is 4.74 Å². The van der Waals surface area contributed by atoms with Crippen molar-refractivity contribution in [2.24, 2.45) is 17.8 Å². The van der Waals surface area contributed by atoms with E-state index in [1.54, 1.807) is 0 Å². The Bertz CT molecular complexity index is 368. The van der Waals surface area contributed by atoms with Crippen LogP contribution in [0.1, 0.15) is 97.3 Å². The molecule has 0 unspecified atom stereocenters. The van der Waals surface area contributed by atoms with Crippen molar-refractivity contribution >= 4 is 0 Å². The van der Waals surface area contributed by atoms with Gasteiger partial charge in [0.15, 0.2) is 0 Å². The maximum Gasteiger partial charge on any atom is 0.0654 e. The molecule has 0 aliphatic heterocycles. The lowest BCUT2D eigenvalue weighted by atomic mass is 9.70. The first-order chi connectivity index (χ1) is 12.3. The molecular weight excluding hydrogens is 304 g/mol. The van der Waals surface area contributed by atoms with Gasteiger partial charge in [-0.05, 0) is 62.7 Å². The standard InChI is InChI=1S/C24H42O/c1-3-5-7-8-10-20-25-24-18-16-23(17-19-24)22-14-12-21(13-15-22)11-9-6-4-2/h5,7-8,10,21-24H,3-4,6,9,11-20H2,1-2H3. The molecule has 144 valence electrons. The predicted molar refractivity (Wildman–Crippen MR) is 110 cm³/mol. The van der Waals surface area contributed by atoms with Gasteiger partial charge in [-0.25, -0.2) is 0 Å². The molecule has 2 aliphatic carbocycles. The van der Waals surface area contributed by atoms with Crippen LogP contribution in [0, 0.1) is 17.8 Å². The number of allylic oxidation sites excluding steroid dienone is 3. The summed E-state index contributed by atoms with van der Waals surface area (Å²) in [6, 6.07) is 0. The number of unbranched alkanes of at least 4 members (excludes halogenated alkanes) is 2. The maximum atomic E-state index is 6.05. The van der Waals surface area contributed by atoms with E-state index in [9.17, 15) is 0 Å². The molecule has 1 nitrogen and oxygen atoms in total. The zero-order valence-corrected chi connectivity index (χ0v) is 16.9. The van der Waals surface area contributed by atoms with Crippen LogP contribution in [0.5, 0.6) is 0 Å². The first kappa shape index (κ1) is 20.7. The zero-order chi connectivity index (χ0) is 17.7.